The van der Waals surface area contributed by atoms with Crippen molar-refractivity contribution in [2.75, 3.05) is 4.90 Å². The molecule has 0 saturated carbocycles. The number of hydrogen-bond donors (Lipinski definition) is 1. The molecule has 7 nitrogen and oxygen atoms in total. The number of carbonyl (C=O) groups excluding carboxylic acids is 3. The van der Waals surface area contributed by atoms with Gasteiger partial charge in [0.15, 0.2) is 0 Å². The Bertz CT molecular complexity index is 1500. The van der Waals surface area contributed by atoms with Crippen molar-refractivity contribution in [3.63, 3.8) is 0 Å². The fourth-order valence-electron chi connectivity index (χ4n) is 4.20. The summed E-state index contributed by atoms with van der Waals surface area (Å²) in [5.41, 5.74) is 5.06. The van der Waals surface area contributed by atoms with E-state index >= 15 is 0 Å². The summed E-state index contributed by atoms with van der Waals surface area (Å²) >= 11 is 0. The monoisotopic (exact) mass is 491 g/mol. The molecule has 0 saturated heterocycles. The lowest BCUT2D eigenvalue weighted by atomic mass is 10.1. The zero-order valence-corrected chi connectivity index (χ0v) is 20.5. The zero-order valence-electron chi connectivity index (χ0n) is 20.5. The summed E-state index contributed by atoms with van der Waals surface area (Å²) < 4.78 is 5.77. The number of nitrogens with one attached hydrogen (secondary N) is 1. The van der Waals surface area contributed by atoms with Gasteiger partial charge in [-0.15, -0.1) is 0 Å². The number of pyridine rings is 1. The van der Waals surface area contributed by atoms with Gasteiger partial charge in [0, 0.05) is 30.1 Å². The quantitative estimate of drug-likeness (QED) is 0.367. The number of aromatic nitrogens is 1. The molecule has 1 aromatic heterocycles. The molecule has 0 atom stereocenters. The predicted molar refractivity (Wildman–Crippen MR) is 140 cm³/mol. The van der Waals surface area contributed by atoms with Crippen molar-refractivity contribution in [1.29, 1.82) is 0 Å². The van der Waals surface area contributed by atoms with E-state index in [9.17, 15) is 14.4 Å². The number of hydrogen-bond acceptors (Lipinski definition) is 5. The third kappa shape index (κ3) is 4.97. The van der Waals surface area contributed by atoms with Gasteiger partial charge in [-0.2, -0.15) is 0 Å². The van der Waals surface area contributed by atoms with Crippen LogP contribution in [0.2, 0.25) is 0 Å². The van der Waals surface area contributed by atoms with E-state index in [1.54, 1.807) is 24.5 Å². The predicted octanol–water partition coefficient (Wildman–Crippen LogP) is 5.01. The van der Waals surface area contributed by atoms with Crippen LogP contribution in [-0.2, 0) is 13.2 Å². The van der Waals surface area contributed by atoms with Crippen LogP contribution in [0.15, 0.2) is 85.2 Å². The van der Waals surface area contributed by atoms with E-state index in [4.69, 9.17) is 4.74 Å². The van der Waals surface area contributed by atoms with Gasteiger partial charge in [-0.25, -0.2) is 4.90 Å². The van der Waals surface area contributed by atoms with E-state index in [2.05, 4.69) is 10.3 Å². The molecule has 0 fully saturated rings. The highest BCUT2D eigenvalue weighted by Gasteiger charge is 2.37. The number of rotatable bonds is 7. The van der Waals surface area contributed by atoms with E-state index in [0.29, 0.717) is 35.7 Å². The van der Waals surface area contributed by atoms with Crippen LogP contribution in [0.4, 0.5) is 5.69 Å². The molecule has 0 spiro atoms. The minimum Gasteiger partial charge on any atom is -0.489 e. The molecule has 0 bridgehead atoms. The first-order valence-electron chi connectivity index (χ1n) is 11.9. The maximum Gasteiger partial charge on any atom is 0.266 e. The lowest BCUT2D eigenvalue weighted by Crippen LogP contribution is -2.30. The number of imide groups is 1. The normalized spacial score (nSPS) is 12.4. The van der Waals surface area contributed by atoms with Crippen LogP contribution in [0.3, 0.4) is 0 Å². The first-order chi connectivity index (χ1) is 17.9. The lowest BCUT2D eigenvalue weighted by molar-refractivity contribution is 0.0923. The molecule has 0 aliphatic carbocycles. The molecule has 37 heavy (non-hydrogen) atoms. The third-order valence-electron chi connectivity index (χ3n) is 6.26. The molecule has 2 heterocycles. The minimum atomic E-state index is -0.426. The number of fused-ring (bicyclic) bond motifs is 1. The van der Waals surface area contributed by atoms with Crippen molar-refractivity contribution in [3.8, 4) is 5.75 Å². The van der Waals surface area contributed by atoms with Crippen LogP contribution in [0.5, 0.6) is 5.75 Å². The summed E-state index contributed by atoms with van der Waals surface area (Å²) in [6.45, 7) is 4.49. The Labute approximate surface area is 214 Å². The van der Waals surface area contributed by atoms with Gasteiger partial charge in [-0.05, 0) is 73.0 Å². The number of nitrogens with zero attached hydrogens (tertiary/aromatic N) is 2. The summed E-state index contributed by atoms with van der Waals surface area (Å²) in [5.74, 6) is -0.420. The fourth-order valence-corrected chi connectivity index (χ4v) is 4.20. The average Bonchev–Trinajstić information content (AvgIpc) is 3.17. The van der Waals surface area contributed by atoms with Crippen LogP contribution in [0, 0.1) is 13.8 Å². The van der Waals surface area contributed by atoms with Gasteiger partial charge < -0.3 is 10.1 Å². The SMILES string of the molecule is Cc1ccc(C)c(N2C(=O)c3ccc(C(=O)NCc4ccc(OCc5cccnc5)cc4)cc3C2=O)c1. The maximum absolute atomic E-state index is 13.2. The summed E-state index contributed by atoms with van der Waals surface area (Å²) in [6, 6.07) is 21.5. The summed E-state index contributed by atoms with van der Waals surface area (Å²) in [6.07, 6.45) is 3.47. The van der Waals surface area contributed by atoms with E-state index in [1.165, 1.54) is 11.0 Å². The molecule has 1 aliphatic rings. The largest absolute Gasteiger partial charge is 0.489 e. The second-order valence-electron chi connectivity index (χ2n) is 8.97. The molecular formula is C30H25N3O4. The molecule has 3 aromatic carbocycles. The first-order valence-corrected chi connectivity index (χ1v) is 11.9. The zero-order chi connectivity index (χ0) is 25.9. The Morgan fingerprint density at radius 3 is 2.43 bits per heavy atom. The topological polar surface area (TPSA) is 88.6 Å². The number of carbonyl (C=O) groups is 3. The molecule has 1 N–H and O–H groups in total. The molecule has 0 radical (unpaired) electrons. The maximum atomic E-state index is 13.2. The highest BCUT2D eigenvalue weighted by Crippen LogP contribution is 2.31. The van der Waals surface area contributed by atoms with Crippen LogP contribution >= 0.6 is 0 Å². The standard InChI is InChI=1S/C30H25N3O4/c1-19-5-6-20(2)27(14-19)33-29(35)25-12-9-23(15-26(25)30(33)36)28(34)32-17-21-7-10-24(11-8-21)37-18-22-4-3-13-31-16-22/h3-16H,17-18H2,1-2H3,(H,32,34). The Kier molecular flexibility index (Phi) is 6.51. The average molecular weight is 492 g/mol. The molecule has 1 aliphatic heterocycles. The van der Waals surface area contributed by atoms with Crippen LogP contribution in [0.25, 0.3) is 0 Å². The number of amides is 3. The van der Waals surface area contributed by atoms with E-state index < -0.39 is 5.91 Å². The fraction of sp³-hybridized carbons (Fsp3) is 0.133. The summed E-state index contributed by atoms with van der Waals surface area (Å²) in [4.78, 5) is 44.3. The Hall–Kier alpha value is -4.78. The number of benzene rings is 3. The number of ether oxygens (including phenoxy) is 1. The van der Waals surface area contributed by atoms with Crippen LogP contribution in [0.1, 0.15) is 53.3 Å². The van der Waals surface area contributed by atoms with Gasteiger partial charge in [-0.3, -0.25) is 19.4 Å². The molecular weight excluding hydrogens is 466 g/mol. The van der Waals surface area contributed by atoms with Gasteiger partial charge in [0.1, 0.15) is 12.4 Å². The second-order valence-corrected chi connectivity index (χ2v) is 8.97. The Balaban J connectivity index is 1.23. The Morgan fingerprint density at radius 1 is 0.892 bits per heavy atom. The molecule has 4 aromatic rings. The number of aryl methyl sites for hydroxylation is 2. The van der Waals surface area contributed by atoms with Gasteiger partial charge in [0.25, 0.3) is 17.7 Å². The minimum absolute atomic E-state index is 0.230. The molecule has 0 unspecified atom stereocenters. The first kappa shape index (κ1) is 23.9. The van der Waals surface area contributed by atoms with Crippen LogP contribution in [-0.4, -0.2) is 22.7 Å². The van der Waals surface area contributed by atoms with Gasteiger partial charge in [0.05, 0.1) is 16.8 Å². The van der Waals surface area contributed by atoms with Gasteiger partial charge in [0.2, 0.25) is 0 Å². The van der Waals surface area contributed by atoms with Crippen molar-refractivity contribution < 1.29 is 19.1 Å². The van der Waals surface area contributed by atoms with Crippen molar-refractivity contribution in [1.82, 2.24) is 10.3 Å². The van der Waals surface area contributed by atoms with E-state index in [-0.39, 0.29) is 17.4 Å². The molecule has 184 valence electrons. The summed E-state index contributed by atoms with van der Waals surface area (Å²) in [5, 5.41) is 2.87. The van der Waals surface area contributed by atoms with Crippen LogP contribution < -0.4 is 15.0 Å². The third-order valence-corrected chi connectivity index (χ3v) is 6.26. The van der Waals surface area contributed by atoms with E-state index in [1.807, 2.05) is 68.4 Å². The smallest absolute Gasteiger partial charge is 0.266 e. The van der Waals surface area contributed by atoms with Crippen molar-refractivity contribution in [2.45, 2.75) is 27.0 Å². The van der Waals surface area contributed by atoms with E-state index in [0.717, 1.165) is 22.3 Å². The van der Waals surface area contributed by atoms with Gasteiger partial charge >= 0.3 is 0 Å². The highest BCUT2D eigenvalue weighted by atomic mass is 16.5. The van der Waals surface area contributed by atoms with Crippen molar-refractivity contribution >= 4 is 23.4 Å². The summed E-state index contributed by atoms with van der Waals surface area (Å²) in [7, 11) is 0. The van der Waals surface area contributed by atoms with Crippen molar-refractivity contribution in [2.24, 2.45) is 0 Å². The highest BCUT2D eigenvalue weighted by molar-refractivity contribution is 6.35. The van der Waals surface area contributed by atoms with Crippen molar-refractivity contribution in [3.05, 3.63) is 124 Å². The lowest BCUT2D eigenvalue weighted by Gasteiger charge is -2.17. The molecule has 7 heteroatoms. The number of anilines is 1. The van der Waals surface area contributed by atoms with Gasteiger partial charge in [-0.1, -0.05) is 30.3 Å². The molecule has 3 amide bonds. The Morgan fingerprint density at radius 2 is 1.68 bits per heavy atom. The second kappa shape index (κ2) is 10.1. The molecule has 5 rings (SSSR count).